The van der Waals surface area contributed by atoms with Crippen molar-refractivity contribution in [1.82, 2.24) is 19.7 Å². The molecule has 8 nitrogen and oxygen atoms in total. The van der Waals surface area contributed by atoms with E-state index in [1.807, 2.05) is 74.3 Å². The van der Waals surface area contributed by atoms with Gasteiger partial charge in [-0.3, -0.25) is 14.6 Å². The number of carbonyl (C=O) groups excluding carboxylic acids is 2. The van der Waals surface area contributed by atoms with E-state index < -0.39 is 11.6 Å². The summed E-state index contributed by atoms with van der Waals surface area (Å²) >= 11 is 0. The summed E-state index contributed by atoms with van der Waals surface area (Å²) in [7, 11) is 1.92. The molecule has 2 N–H and O–H groups in total. The SMILES string of the molecule is CCOc1ccc2[nH]c3c(c2c1)C[C@@]1(C)C(=O)N(CCCN(C)CCO)C(=O)N1[C@@H]3c1ccccc1. The van der Waals surface area contributed by atoms with E-state index in [1.54, 1.807) is 4.90 Å². The normalized spacial score (nSPS) is 21.4. The van der Waals surface area contributed by atoms with Gasteiger partial charge in [0, 0.05) is 36.1 Å². The number of hydrogen-bond acceptors (Lipinski definition) is 5. The molecule has 5 rings (SSSR count). The number of H-pyrrole nitrogens is 1. The Bertz CT molecular complexity index is 1270. The van der Waals surface area contributed by atoms with Crippen LogP contribution in [0, 0.1) is 0 Å². The molecule has 2 aromatic carbocycles. The first-order valence-corrected chi connectivity index (χ1v) is 12.7. The molecule has 190 valence electrons. The first kappa shape index (κ1) is 24.3. The number of likely N-dealkylation sites (N-methyl/N-ethyl adjacent to an activating group) is 1. The van der Waals surface area contributed by atoms with Crippen molar-refractivity contribution in [3.63, 3.8) is 0 Å². The molecule has 1 aromatic heterocycles. The minimum Gasteiger partial charge on any atom is -0.494 e. The molecular formula is C28H34N4O4. The lowest BCUT2D eigenvalue weighted by atomic mass is 9.81. The number of ether oxygens (including phenoxy) is 1. The van der Waals surface area contributed by atoms with Gasteiger partial charge in [0.2, 0.25) is 0 Å². The minimum atomic E-state index is -0.988. The molecule has 3 amide bonds. The number of amides is 3. The number of urea groups is 1. The molecule has 0 aliphatic carbocycles. The Kier molecular flexibility index (Phi) is 6.49. The standard InChI is InChI=1S/C28H34N4O4/c1-4-36-20-11-12-23-21(17-20)22-18-28(2)26(34)31(14-8-13-30(3)15-16-33)27(35)32(28)25(24(22)29-23)19-9-6-5-7-10-19/h5-7,9-12,17,25,29,33H,4,8,13-16,18H2,1-3H3/t25-,28+/m1/s1. The topological polar surface area (TPSA) is 89.1 Å². The fourth-order valence-electron chi connectivity index (χ4n) is 5.71. The lowest BCUT2D eigenvalue weighted by Gasteiger charge is -2.42. The van der Waals surface area contributed by atoms with E-state index in [9.17, 15) is 9.59 Å². The maximum Gasteiger partial charge on any atom is 0.328 e. The van der Waals surface area contributed by atoms with Crippen LogP contribution in [0.5, 0.6) is 5.75 Å². The average molecular weight is 491 g/mol. The second-order valence-corrected chi connectivity index (χ2v) is 9.91. The third kappa shape index (κ3) is 3.94. The fourth-order valence-corrected chi connectivity index (χ4v) is 5.71. The summed E-state index contributed by atoms with van der Waals surface area (Å²) in [5.74, 6) is 0.636. The average Bonchev–Trinajstić information content (AvgIpc) is 3.31. The Hall–Kier alpha value is -3.36. The Balaban J connectivity index is 1.56. The van der Waals surface area contributed by atoms with Gasteiger partial charge in [0.25, 0.3) is 5.91 Å². The summed E-state index contributed by atoms with van der Waals surface area (Å²) in [4.78, 5) is 36.5. The van der Waals surface area contributed by atoms with E-state index in [4.69, 9.17) is 9.84 Å². The third-order valence-corrected chi connectivity index (χ3v) is 7.47. The summed E-state index contributed by atoms with van der Waals surface area (Å²) < 4.78 is 5.76. The van der Waals surface area contributed by atoms with Crippen LogP contribution in [0.15, 0.2) is 48.5 Å². The number of rotatable bonds is 9. The molecule has 0 saturated carbocycles. The number of aliphatic hydroxyl groups is 1. The zero-order chi connectivity index (χ0) is 25.4. The van der Waals surface area contributed by atoms with Crippen molar-refractivity contribution in [2.24, 2.45) is 0 Å². The van der Waals surface area contributed by atoms with Gasteiger partial charge in [-0.2, -0.15) is 0 Å². The minimum absolute atomic E-state index is 0.0827. The molecule has 1 saturated heterocycles. The van der Waals surface area contributed by atoms with Crippen molar-refractivity contribution < 1.29 is 19.4 Å². The lowest BCUT2D eigenvalue weighted by molar-refractivity contribution is -0.133. The van der Waals surface area contributed by atoms with E-state index in [0.717, 1.165) is 33.5 Å². The van der Waals surface area contributed by atoms with Gasteiger partial charge in [-0.15, -0.1) is 0 Å². The van der Waals surface area contributed by atoms with Gasteiger partial charge in [-0.05, 0) is 63.2 Å². The van der Waals surface area contributed by atoms with Gasteiger partial charge in [0.05, 0.1) is 13.2 Å². The Morgan fingerprint density at radius 3 is 2.67 bits per heavy atom. The van der Waals surface area contributed by atoms with Gasteiger partial charge < -0.3 is 19.7 Å². The second-order valence-electron chi connectivity index (χ2n) is 9.91. The largest absolute Gasteiger partial charge is 0.494 e. The first-order chi connectivity index (χ1) is 17.4. The molecule has 2 aliphatic heterocycles. The molecule has 8 heteroatoms. The molecule has 3 aromatic rings. The number of carbonyl (C=O) groups is 2. The number of hydrogen-bond donors (Lipinski definition) is 2. The molecule has 0 spiro atoms. The smallest absolute Gasteiger partial charge is 0.328 e. The van der Waals surface area contributed by atoms with Crippen LogP contribution in [0.1, 0.15) is 43.1 Å². The molecule has 2 atom stereocenters. The van der Waals surface area contributed by atoms with Crippen molar-refractivity contribution in [3.8, 4) is 5.75 Å². The Morgan fingerprint density at radius 1 is 1.17 bits per heavy atom. The Labute approximate surface area is 211 Å². The number of fused-ring (bicyclic) bond motifs is 4. The molecule has 36 heavy (non-hydrogen) atoms. The van der Waals surface area contributed by atoms with Crippen molar-refractivity contribution in [2.45, 2.75) is 38.3 Å². The van der Waals surface area contributed by atoms with E-state index in [0.29, 0.717) is 39.1 Å². The van der Waals surface area contributed by atoms with Crippen LogP contribution >= 0.6 is 0 Å². The van der Waals surface area contributed by atoms with E-state index in [-0.39, 0.29) is 18.5 Å². The quantitative estimate of drug-likeness (QED) is 0.448. The van der Waals surface area contributed by atoms with E-state index in [2.05, 4.69) is 4.98 Å². The maximum absolute atomic E-state index is 13.9. The summed E-state index contributed by atoms with van der Waals surface area (Å²) in [6.07, 6.45) is 1.09. The first-order valence-electron chi connectivity index (χ1n) is 12.7. The molecule has 3 heterocycles. The highest BCUT2D eigenvalue weighted by Crippen LogP contribution is 2.49. The molecular weight excluding hydrogens is 456 g/mol. The van der Waals surface area contributed by atoms with E-state index >= 15 is 0 Å². The zero-order valence-corrected chi connectivity index (χ0v) is 21.2. The Morgan fingerprint density at radius 2 is 1.94 bits per heavy atom. The van der Waals surface area contributed by atoms with Crippen LogP contribution in [0.4, 0.5) is 4.79 Å². The summed E-state index contributed by atoms with van der Waals surface area (Å²) in [5.41, 5.74) is 2.96. The highest BCUT2D eigenvalue weighted by Gasteiger charge is 2.59. The molecule has 2 aliphatic rings. The summed E-state index contributed by atoms with van der Waals surface area (Å²) in [6, 6.07) is 15.3. The maximum atomic E-state index is 13.9. The number of nitrogens with zero attached hydrogens (tertiary/aromatic N) is 3. The van der Waals surface area contributed by atoms with Gasteiger partial charge >= 0.3 is 6.03 Å². The number of imide groups is 1. The van der Waals surface area contributed by atoms with Crippen molar-refractivity contribution in [2.75, 3.05) is 39.9 Å². The van der Waals surface area contributed by atoms with Crippen molar-refractivity contribution >= 4 is 22.8 Å². The molecule has 0 bridgehead atoms. The van der Waals surface area contributed by atoms with E-state index in [1.165, 1.54) is 4.90 Å². The van der Waals surface area contributed by atoms with Gasteiger partial charge in [-0.1, -0.05) is 30.3 Å². The third-order valence-electron chi connectivity index (χ3n) is 7.47. The van der Waals surface area contributed by atoms with Gasteiger partial charge in [0.15, 0.2) is 0 Å². The van der Waals surface area contributed by atoms with Crippen LogP contribution in [0.3, 0.4) is 0 Å². The lowest BCUT2D eigenvalue weighted by Crippen LogP contribution is -2.53. The van der Waals surface area contributed by atoms with Crippen LogP contribution in [0.25, 0.3) is 10.9 Å². The van der Waals surface area contributed by atoms with Crippen LogP contribution in [-0.2, 0) is 11.2 Å². The predicted molar refractivity (Wildman–Crippen MR) is 138 cm³/mol. The molecule has 1 fully saturated rings. The van der Waals surface area contributed by atoms with Crippen LogP contribution < -0.4 is 4.74 Å². The highest BCUT2D eigenvalue weighted by molar-refractivity contribution is 6.08. The van der Waals surface area contributed by atoms with Crippen LogP contribution in [-0.4, -0.2) is 82.2 Å². The number of aromatic nitrogens is 1. The highest BCUT2D eigenvalue weighted by atomic mass is 16.5. The van der Waals surface area contributed by atoms with Gasteiger partial charge in [0.1, 0.15) is 17.3 Å². The number of aromatic amines is 1. The second kappa shape index (κ2) is 9.59. The summed E-state index contributed by atoms with van der Waals surface area (Å²) in [5, 5.41) is 10.2. The van der Waals surface area contributed by atoms with Crippen LogP contribution in [0.2, 0.25) is 0 Å². The van der Waals surface area contributed by atoms with Crippen molar-refractivity contribution in [1.29, 1.82) is 0 Å². The monoisotopic (exact) mass is 490 g/mol. The fraction of sp³-hybridized carbons (Fsp3) is 0.429. The predicted octanol–water partition coefficient (Wildman–Crippen LogP) is 3.55. The molecule has 0 radical (unpaired) electrons. The number of nitrogens with one attached hydrogen (secondary N) is 1. The van der Waals surface area contributed by atoms with Crippen molar-refractivity contribution in [3.05, 3.63) is 65.4 Å². The number of aliphatic hydroxyl groups excluding tert-OH is 1. The molecule has 0 unspecified atom stereocenters. The number of benzene rings is 2. The summed E-state index contributed by atoms with van der Waals surface area (Å²) in [6.45, 7) is 6.12. The van der Waals surface area contributed by atoms with Gasteiger partial charge in [-0.25, -0.2) is 4.79 Å². The zero-order valence-electron chi connectivity index (χ0n) is 21.2.